The highest BCUT2D eigenvalue weighted by Crippen LogP contribution is 2.65. The molecule has 0 unspecified atom stereocenters. The zero-order chi connectivity index (χ0) is 28.5. The zero-order valence-electron chi connectivity index (χ0n) is 22.3. The summed E-state index contributed by atoms with van der Waals surface area (Å²) in [4.78, 5) is 1.25. The molecule has 12 heteroatoms. The van der Waals surface area contributed by atoms with Crippen molar-refractivity contribution in [1.29, 1.82) is 0 Å². The Balaban J connectivity index is 1.26. The van der Waals surface area contributed by atoms with Gasteiger partial charge >= 0.3 is 0 Å². The van der Waals surface area contributed by atoms with E-state index in [-0.39, 0.29) is 22.7 Å². The van der Waals surface area contributed by atoms with E-state index in [0.717, 1.165) is 27.7 Å². The molecule has 0 radical (unpaired) electrons. The van der Waals surface area contributed by atoms with E-state index in [9.17, 15) is 12.8 Å². The average Bonchev–Trinajstić information content (AvgIpc) is 3.41. The van der Waals surface area contributed by atoms with Crippen LogP contribution in [0.1, 0.15) is 11.1 Å². The number of halogens is 2. The van der Waals surface area contributed by atoms with Crippen LogP contribution in [0.4, 0.5) is 4.39 Å². The molecule has 210 valence electrons. The number of aromatic nitrogens is 5. The Hall–Kier alpha value is -3.80. The molecule has 0 N–H and O–H groups in total. The number of benzene rings is 3. The third kappa shape index (κ3) is 4.22. The Bertz CT molecular complexity index is 1890. The molecule has 0 spiro atoms. The molecule has 7 rings (SSSR count). The normalized spacial score (nSPS) is 22.2. The Kier molecular flexibility index (Phi) is 5.97. The first-order valence-corrected chi connectivity index (χ1v) is 15.0. The number of aryl methyl sites for hydroxylation is 2. The van der Waals surface area contributed by atoms with Gasteiger partial charge in [-0.2, -0.15) is 19.3 Å². The van der Waals surface area contributed by atoms with Gasteiger partial charge in [0, 0.05) is 41.9 Å². The van der Waals surface area contributed by atoms with Crippen molar-refractivity contribution in [3.63, 3.8) is 0 Å². The van der Waals surface area contributed by atoms with Gasteiger partial charge in [-0.3, -0.25) is 0 Å². The van der Waals surface area contributed by atoms with Crippen LogP contribution in [0, 0.1) is 24.6 Å². The molecule has 3 atom stereocenters. The van der Waals surface area contributed by atoms with Crippen LogP contribution >= 0.6 is 11.6 Å². The van der Waals surface area contributed by atoms with Gasteiger partial charge in [0.2, 0.25) is 5.03 Å². The van der Waals surface area contributed by atoms with E-state index in [2.05, 4.69) is 27.4 Å². The average molecular weight is 593 g/mol. The third-order valence-electron chi connectivity index (χ3n) is 8.45. The standard InChI is InChI=1S/C29H26ClFN6O3S/c1-18-11-27-19(13-33-37(27)22-7-5-21(31)6-8-22)12-24(18)29-17-36(41(38,39)28-14-32-35(2)34-28)15-25(29)26(29)16-40-23-9-3-20(30)4-10-23/h3-14,25-26H,15-17H2,1-2H3/t25-,26-,29+/m0/s1. The van der Waals surface area contributed by atoms with Gasteiger partial charge in [0.25, 0.3) is 10.0 Å². The van der Waals surface area contributed by atoms with E-state index < -0.39 is 15.4 Å². The molecule has 2 aliphatic rings. The first kappa shape index (κ1) is 26.1. The molecule has 3 aromatic carbocycles. The van der Waals surface area contributed by atoms with Crippen molar-refractivity contribution < 1.29 is 17.5 Å². The summed E-state index contributed by atoms with van der Waals surface area (Å²) < 4.78 is 50.0. The maximum absolute atomic E-state index is 13.5. The molecule has 2 fully saturated rings. The minimum atomic E-state index is -3.82. The predicted octanol–water partition coefficient (Wildman–Crippen LogP) is 4.52. The molecule has 1 aliphatic heterocycles. The number of hydrogen-bond donors (Lipinski definition) is 0. The smallest absolute Gasteiger partial charge is 0.264 e. The van der Waals surface area contributed by atoms with Gasteiger partial charge in [-0.15, -0.1) is 5.10 Å². The molecule has 5 aromatic rings. The van der Waals surface area contributed by atoms with Gasteiger partial charge in [-0.25, -0.2) is 17.5 Å². The second-order valence-corrected chi connectivity index (χ2v) is 13.1. The molecule has 2 aromatic heterocycles. The minimum absolute atomic E-state index is 0.0573. The molecule has 1 saturated carbocycles. The van der Waals surface area contributed by atoms with Gasteiger partial charge in [0.1, 0.15) is 11.6 Å². The van der Waals surface area contributed by atoms with Crippen molar-refractivity contribution in [1.82, 2.24) is 29.1 Å². The SMILES string of the molecule is Cc1cc2c(cnn2-c2ccc(F)cc2)cc1[C@]12CN(S(=O)(=O)c3cnn(C)n3)C[C@H]1[C@@H]2COc1ccc(Cl)cc1. The van der Waals surface area contributed by atoms with Gasteiger partial charge < -0.3 is 4.74 Å². The lowest BCUT2D eigenvalue weighted by Crippen LogP contribution is -2.36. The molecule has 3 heterocycles. The topological polar surface area (TPSA) is 95.1 Å². The van der Waals surface area contributed by atoms with Crippen LogP contribution in [0.25, 0.3) is 16.6 Å². The molecule has 0 bridgehead atoms. The first-order valence-electron chi connectivity index (χ1n) is 13.2. The van der Waals surface area contributed by atoms with Crippen molar-refractivity contribution >= 4 is 32.5 Å². The largest absolute Gasteiger partial charge is 0.493 e. The number of hydrogen-bond acceptors (Lipinski definition) is 6. The molecule has 9 nitrogen and oxygen atoms in total. The maximum Gasteiger partial charge on any atom is 0.264 e. The lowest BCUT2D eigenvalue weighted by molar-refractivity contribution is 0.261. The minimum Gasteiger partial charge on any atom is -0.493 e. The van der Waals surface area contributed by atoms with E-state index in [4.69, 9.17) is 16.3 Å². The molecule has 1 saturated heterocycles. The summed E-state index contributed by atoms with van der Waals surface area (Å²) in [7, 11) is -2.22. The summed E-state index contributed by atoms with van der Waals surface area (Å²) in [5.41, 5.74) is 3.32. The lowest BCUT2D eigenvalue weighted by atomic mass is 9.88. The lowest BCUT2D eigenvalue weighted by Gasteiger charge is -2.24. The van der Waals surface area contributed by atoms with Crippen molar-refractivity contribution in [3.8, 4) is 11.4 Å². The number of nitrogens with zero attached hydrogens (tertiary/aromatic N) is 6. The summed E-state index contributed by atoms with van der Waals surface area (Å²) >= 11 is 6.04. The van der Waals surface area contributed by atoms with E-state index in [1.807, 2.05) is 19.1 Å². The van der Waals surface area contributed by atoms with Crippen LogP contribution in [0.15, 0.2) is 78.1 Å². The van der Waals surface area contributed by atoms with Crippen LogP contribution in [0.5, 0.6) is 5.75 Å². The predicted molar refractivity (Wildman–Crippen MR) is 151 cm³/mol. The highest BCUT2D eigenvalue weighted by molar-refractivity contribution is 7.89. The molecular formula is C29H26ClFN6O3S. The van der Waals surface area contributed by atoms with Crippen molar-refractivity contribution in [2.45, 2.75) is 17.4 Å². The van der Waals surface area contributed by atoms with Crippen molar-refractivity contribution in [2.75, 3.05) is 19.7 Å². The third-order valence-corrected chi connectivity index (χ3v) is 10.4. The maximum atomic E-state index is 13.5. The second kappa shape index (κ2) is 9.37. The summed E-state index contributed by atoms with van der Waals surface area (Å²) in [6.07, 6.45) is 3.08. The molecule has 1 aliphatic carbocycles. The Morgan fingerprint density at radius 1 is 1.07 bits per heavy atom. The van der Waals surface area contributed by atoms with E-state index in [0.29, 0.717) is 30.5 Å². The highest BCUT2D eigenvalue weighted by Gasteiger charge is 2.71. The number of rotatable bonds is 7. The fourth-order valence-electron chi connectivity index (χ4n) is 6.40. The molecule has 0 amide bonds. The fraction of sp³-hybridized carbons (Fsp3) is 0.276. The zero-order valence-corrected chi connectivity index (χ0v) is 23.8. The Morgan fingerprint density at radius 2 is 1.83 bits per heavy atom. The summed E-state index contributed by atoms with van der Waals surface area (Å²) in [6, 6.07) is 17.6. The van der Waals surface area contributed by atoms with Crippen LogP contribution in [0.2, 0.25) is 5.02 Å². The summed E-state index contributed by atoms with van der Waals surface area (Å²) in [5.74, 6) is 0.572. The van der Waals surface area contributed by atoms with Crippen LogP contribution in [0.3, 0.4) is 0 Å². The van der Waals surface area contributed by atoms with Crippen molar-refractivity contribution in [3.05, 3.63) is 95.0 Å². The number of ether oxygens (including phenoxy) is 1. The Morgan fingerprint density at radius 3 is 2.54 bits per heavy atom. The van der Waals surface area contributed by atoms with E-state index >= 15 is 0 Å². The molecular weight excluding hydrogens is 567 g/mol. The summed E-state index contributed by atoms with van der Waals surface area (Å²) in [6.45, 7) is 3.15. The number of sulfonamides is 1. The number of piperidine rings is 1. The van der Waals surface area contributed by atoms with Gasteiger partial charge in [0.15, 0.2) is 0 Å². The second-order valence-electron chi connectivity index (χ2n) is 10.7. The van der Waals surface area contributed by atoms with Gasteiger partial charge in [0.05, 0.1) is 30.2 Å². The fourth-order valence-corrected chi connectivity index (χ4v) is 7.93. The monoisotopic (exact) mass is 592 g/mol. The van der Waals surface area contributed by atoms with Crippen LogP contribution in [-0.4, -0.2) is 57.2 Å². The van der Waals surface area contributed by atoms with Crippen LogP contribution in [-0.2, 0) is 22.5 Å². The quantitative estimate of drug-likeness (QED) is 0.276. The molecule has 41 heavy (non-hydrogen) atoms. The Labute approximate surface area is 241 Å². The summed E-state index contributed by atoms with van der Waals surface area (Å²) in [5, 5.41) is 14.1. The van der Waals surface area contributed by atoms with Crippen molar-refractivity contribution in [2.24, 2.45) is 18.9 Å². The number of fused-ring (bicyclic) bond motifs is 2. The highest BCUT2D eigenvalue weighted by atomic mass is 35.5. The van der Waals surface area contributed by atoms with Crippen LogP contribution < -0.4 is 4.74 Å². The van der Waals surface area contributed by atoms with E-state index in [1.165, 1.54) is 27.4 Å². The first-order chi connectivity index (χ1) is 19.7. The van der Waals surface area contributed by atoms with E-state index in [1.54, 1.807) is 42.2 Å². The van der Waals surface area contributed by atoms with Gasteiger partial charge in [-0.05, 0) is 84.6 Å². The van der Waals surface area contributed by atoms with Gasteiger partial charge in [-0.1, -0.05) is 11.6 Å².